The zero-order valence-electron chi connectivity index (χ0n) is 16.9. The molecule has 6 nitrogen and oxygen atoms in total. The highest BCUT2D eigenvalue weighted by atomic mass is 32.1. The molecule has 144 valence electrons. The van der Waals surface area contributed by atoms with E-state index in [0.717, 1.165) is 21.9 Å². The molecule has 3 rings (SSSR count). The number of carbonyl (C=O) groups is 1. The van der Waals surface area contributed by atoms with Crippen molar-refractivity contribution in [2.24, 2.45) is 0 Å². The van der Waals surface area contributed by atoms with Gasteiger partial charge < -0.3 is 4.90 Å². The molecule has 0 radical (unpaired) electrons. The number of hydrogen-bond acceptors (Lipinski definition) is 5. The van der Waals surface area contributed by atoms with Crippen LogP contribution in [0.2, 0.25) is 0 Å². The highest BCUT2D eigenvalue weighted by Gasteiger charge is 2.24. The summed E-state index contributed by atoms with van der Waals surface area (Å²) in [6, 6.07) is 6.23. The van der Waals surface area contributed by atoms with Gasteiger partial charge in [-0.1, -0.05) is 17.4 Å². The maximum Gasteiger partial charge on any atom is 0.280 e. The van der Waals surface area contributed by atoms with E-state index in [1.165, 1.54) is 11.1 Å². The summed E-state index contributed by atoms with van der Waals surface area (Å²) in [7, 11) is 4.00. The molecular weight excluding hydrogens is 358 g/mol. The molecule has 0 aliphatic rings. The molecule has 0 fully saturated rings. The van der Waals surface area contributed by atoms with Gasteiger partial charge in [0, 0.05) is 25.3 Å². The van der Waals surface area contributed by atoms with Crippen LogP contribution < -0.4 is 4.90 Å². The van der Waals surface area contributed by atoms with Crippen LogP contribution in [-0.2, 0) is 0 Å². The number of anilines is 1. The minimum atomic E-state index is -0.107. The van der Waals surface area contributed by atoms with E-state index in [4.69, 9.17) is 4.98 Å². The molecule has 7 heteroatoms. The van der Waals surface area contributed by atoms with E-state index in [2.05, 4.69) is 36.0 Å². The van der Waals surface area contributed by atoms with E-state index < -0.39 is 0 Å². The van der Waals surface area contributed by atoms with Gasteiger partial charge in [0.15, 0.2) is 10.8 Å². The Bertz CT molecular complexity index is 957. The summed E-state index contributed by atoms with van der Waals surface area (Å²) in [5, 5.41) is 5.18. The number of carbonyl (C=O) groups excluding carboxylic acids is 1. The lowest BCUT2D eigenvalue weighted by Gasteiger charge is -2.21. The van der Waals surface area contributed by atoms with Gasteiger partial charge >= 0.3 is 0 Å². The van der Waals surface area contributed by atoms with Crippen LogP contribution in [0.1, 0.15) is 41.5 Å². The largest absolute Gasteiger partial charge is 0.308 e. The molecule has 27 heavy (non-hydrogen) atoms. The van der Waals surface area contributed by atoms with E-state index in [1.54, 1.807) is 22.3 Å². The number of aromatic nitrogens is 3. The fraction of sp³-hybridized carbons (Fsp3) is 0.450. The van der Waals surface area contributed by atoms with Crippen molar-refractivity contribution in [2.45, 2.75) is 33.7 Å². The molecule has 0 saturated carbocycles. The lowest BCUT2D eigenvalue weighted by molar-refractivity contribution is 0.0979. The Morgan fingerprint density at radius 3 is 2.59 bits per heavy atom. The predicted octanol–water partition coefficient (Wildman–Crippen LogP) is 3.90. The third-order valence-corrected chi connectivity index (χ3v) is 5.64. The minimum absolute atomic E-state index is 0.107. The van der Waals surface area contributed by atoms with Crippen LogP contribution in [0.25, 0.3) is 10.2 Å². The normalized spacial score (nSPS) is 11.7. The van der Waals surface area contributed by atoms with Crippen molar-refractivity contribution in [1.29, 1.82) is 0 Å². The van der Waals surface area contributed by atoms with Crippen LogP contribution in [0.4, 0.5) is 5.13 Å². The SMILES string of the molecule is Cc1cc(C)c2sc(N(CCN(C)C)C(=O)c3ccn(C(C)C)n3)nc2c1. The fourth-order valence-corrected chi connectivity index (χ4v) is 3.98. The topological polar surface area (TPSA) is 54.3 Å². The van der Waals surface area contributed by atoms with Gasteiger partial charge in [-0.15, -0.1) is 0 Å². The highest BCUT2D eigenvalue weighted by Crippen LogP contribution is 2.32. The van der Waals surface area contributed by atoms with Gasteiger partial charge in [0.05, 0.1) is 10.2 Å². The first-order valence-corrected chi connectivity index (χ1v) is 9.97. The number of hydrogen-bond donors (Lipinski definition) is 0. The van der Waals surface area contributed by atoms with Crippen molar-refractivity contribution < 1.29 is 4.79 Å². The van der Waals surface area contributed by atoms with Crippen LogP contribution in [0.3, 0.4) is 0 Å². The highest BCUT2D eigenvalue weighted by molar-refractivity contribution is 7.22. The molecule has 0 aliphatic heterocycles. The zero-order chi connectivity index (χ0) is 19.7. The Labute approximate surface area is 164 Å². The van der Waals surface area contributed by atoms with Crippen LogP contribution in [0, 0.1) is 13.8 Å². The Morgan fingerprint density at radius 1 is 1.22 bits per heavy atom. The maximum absolute atomic E-state index is 13.2. The van der Waals surface area contributed by atoms with Gasteiger partial charge in [0.1, 0.15) is 0 Å². The van der Waals surface area contributed by atoms with Crippen molar-refractivity contribution in [3.05, 3.63) is 41.2 Å². The summed E-state index contributed by atoms with van der Waals surface area (Å²) in [6.45, 7) is 9.57. The number of likely N-dealkylation sites (N-methyl/N-ethyl adjacent to an activating group) is 1. The average Bonchev–Trinajstić information content (AvgIpc) is 3.21. The molecule has 1 amide bonds. The number of amides is 1. The van der Waals surface area contributed by atoms with Crippen LogP contribution >= 0.6 is 11.3 Å². The zero-order valence-corrected chi connectivity index (χ0v) is 17.7. The predicted molar refractivity (Wildman–Crippen MR) is 112 cm³/mol. The van der Waals surface area contributed by atoms with E-state index >= 15 is 0 Å². The Morgan fingerprint density at radius 2 is 1.96 bits per heavy atom. The second kappa shape index (κ2) is 7.78. The first kappa shape index (κ1) is 19.5. The monoisotopic (exact) mass is 385 g/mol. The van der Waals surface area contributed by atoms with Gasteiger partial charge in [-0.25, -0.2) is 4.98 Å². The molecular formula is C20H27N5OS. The summed E-state index contributed by atoms with van der Waals surface area (Å²) in [5.41, 5.74) is 3.77. The Balaban J connectivity index is 1.99. The average molecular weight is 386 g/mol. The number of thiazole rings is 1. The van der Waals surface area contributed by atoms with E-state index in [0.29, 0.717) is 12.2 Å². The molecule has 2 heterocycles. The van der Waals surface area contributed by atoms with Gasteiger partial charge in [-0.2, -0.15) is 5.10 Å². The number of fused-ring (bicyclic) bond motifs is 1. The molecule has 0 unspecified atom stereocenters. The summed E-state index contributed by atoms with van der Waals surface area (Å²) in [6.07, 6.45) is 1.86. The van der Waals surface area contributed by atoms with Crippen LogP contribution in [0.5, 0.6) is 0 Å². The third kappa shape index (κ3) is 4.20. The van der Waals surface area contributed by atoms with E-state index in [1.807, 2.05) is 38.8 Å². The molecule has 0 spiro atoms. The van der Waals surface area contributed by atoms with Crippen molar-refractivity contribution in [3.8, 4) is 0 Å². The summed E-state index contributed by atoms with van der Waals surface area (Å²) in [4.78, 5) is 21.8. The van der Waals surface area contributed by atoms with Crippen LogP contribution in [-0.4, -0.2) is 52.8 Å². The molecule has 1 aromatic carbocycles. The quantitative estimate of drug-likeness (QED) is 0.646. The van der Waals surface area contributed by atoms with Crippen molar-refractivity contribution in [1.82, 2.24) is 19.7 Å². The van der Waals surface area contributed by atoms with Gasteiger partial charge in [-0.05, 0) is 65.0 Å². The van der Waals surface area contributed by atoms with Crippen molar-refractivity contribution in [3.63, 3.8) is 0 Å². The van der Waals surface area contributed by atoms with Crippen molar-refractivity contribution in [2.75, 3.05) is 32.1 Å². The second-order valence-corrected chi connectivity index (χ2v) is 8.44. The molecule has 3 aromatic rings. The lowest BCUT2D eigenvalue weighted by atomic mass is 10.1. The summed E-state index contributed by atoms with van der Waals surface area (Å²) in [5.74, 6) is -0.107. The maximum atomic E-state index is 13.2. The lowest BCUT2D eigenvalue weighted by Crippen LogP contribution is -2.37. The second-order valence-electron chi connectivity index (χ2n) is 7.46. The number of benzene rings is 1. The van der Waals surface area contributed by atoms with Crippen LogP contribution in [0.15, 0.2) is 24.4 Å². The molecule has 0 N–H and O–H groups in total. The first-order chi connectivity index (χ1) is 12.8. The third-order valence-electron chi connectivity index (χ3n) is 4.41. The fourth-order valence-electron chi connectivity index (χ4n) is 2.94. The number of aryl methyl sites for hydroxylation is 2. The van der Waals surface area contributed by atoms with Gasteiger partial charge in [-0.3, -0.25) is 14.4 Å². The number of nitrogens with zero attached hydrogens (tertiary/aromatic N) is 5. The molecule has 0 bridgehead atoms. The van der Waals surface area contributed by atoms with Crippen molar-refractivity contribution >= 4 is 32.6 Å². The van der Waals surface area contributed by atoms with Gasteiger partial charge in [0.25, 0.3) is 5.91 Å². The molecule has 2 aromatic heterocycles. The van der Waals surface area contributed by atoms with E-state index in [9.17, 15) is 4.79 Å². The minimum Gasteiger partial charge on any atom is -0.308 e. The summed E-state index contributed by atoms with van der Waals surface area (Å²) < 4.78 is 2.94. The smallest absolute Gasteiger partial charge is 0.280 e. The first-order valence-electron chi connectivity index (χ1n) is 9.16. The standard InChI is InChI=1S/C20H27N5OS/c1-13(2)25-8-7-16(22-25)19(26)24(10-9-23(5)6)20-21-17-12-14(3)11-15(4)18(17)27-20/h7-8,11-13H,9-10H2,1-6H3. The Hall–Kier alpha value is -2.25. The molecule has 0 aliphatic carbocycles. The Kier molecular flexibility index (Phi) is 5.62. The molecule has 0 atom stereocenters. The number of rotatable bonds is 6. The summed E-state index contributed by atoms with van der Waals surface area (Å²) >= 11 is 1.57. The van der Waals surface area contributed by atoms with Gasteiger partial charge in [0.2, 0.25) is 0 Å². The van der Waals surface area contributed by atoms with E-state index in [-0.39, 0.29) is 11.9 Å². The molecule has 0 saturated heterocycles.